The van der Waals surface area contributed by atoms with E-state index in [4.69, 9.17) is 21.1 Å². The van der Waals surface area contributed by atoms with E-state index in [0.717, 1.165) is 18.4 Å². The average molecular weight is 506 g/mol. The Balaban J connectivity index is 1.78. The SMILES string of the molecule is CC(=NNC(=O)CN(c1ccc(Cl)c(C(F)(F)F)c1)S(C)(=O)=O)c1ccc2c(c1)OCCO2. The summed E-state index contributed by atoms with van der Waals surface area (Å²) in [5.74, 6) is 0.235. The van der Waals surface area contributed by atoms with Crippen molar-refractivity contribution in [2.75, 3.05) is 30.3 Å². The van der Waals surface area contributed by atoms with Gasteiger partial charge in [0.05, 0.1) is 28.2 Å². The maximum atomic E-state index is 13.2. The summed E-state index contributed by atoms with van der Waals surface area (Å²) in [7, 11) is -4.11. The van der Waals surface area contributed by atoms with Crippen LogP contribution in [0.5, 0.6) is 11.5 Å². The van der Waals surface area contributed by atoms with E-state index in [2.05, 4.69) is 10.5 Å². The second-order valence-corrected chi connectivity index (χ2v) is 9.34. The molecule has 0 fully saturated rings. The van der Waals surface area contributed by atoms with Crippen LogP contribution >= 0.6 is 11.6 Å². The van der Waals surface area contributed by atoms with Crippen LogP contribution in [0.25, 0.3) is 0 Å². The summed E-state index contributed by atoms with van der Waals surface area (Å²) in [5, 5.41) is 3.35. The highest BCUT2D eigenvalue weighted by molar-refractivity contribution is 7.92. The van der Waals surface area contributed by atoms with Crippen molar-refractivity contribution >= 4 is 38.9 Å². The number of hydrazone groups is 1. The summed E-state index contributed by atoms with van der Waals surface area (Å²) >= 11 is 5.59. The molecule has 0 unspecified atom stereocenters. The van der Waals surface area contributed by atoms with E-state index in [1.165, 1.54) is 0 Å². The van der Waals surface area contributed by atoms with Gasteiger partial charge in [0.25, 0.3) is 5.91 Å². The molecule has 0 saturated carbocycles. The van der Waals surface area contributed by atoms with Crippen molar-refractivity contribution in [3.63, 3.8) is 0 Å². The fraction of sp³-hybridized carbons (Fsp3) is 0.300. The van der Waals surface area contributed by atoms with E-state index in [1.807, 2.05) is 0 Å². The minimum atomic E-state index is -4.80. The van der Waals surface area contributed by atoms with Crippen molar-refractivity contribution in [3.8, 4) is 11.5 Å². The van der Waals surface area contributed by atoms with Gasteiger partial charge in [-0.15, -0.1) is 0 Å². The van der Waals surface area contributed by atoms with Crippen LogP contribution in [-0.4, -0.2) is 46.1 Å². The molecule has 0 aromatic heterocycles. The van der Waals surface area contributed by atoms with Gasteiger partial charge in [0.15, 0.2) is 11.5 Å². The number of sulfonamides is 1. The number of rotatable bonds is 6. The minimum absolute atomic E-state index is 0.364. The second-order valence-electron chi connectivity index (χ2n) is 7.02. The molecule has 0 aliphatic carbocycles. The molecule has 178 valence electrons. The molecule has 0 spiro atoms. The van der Waals surface area contributed by atoms with E-state index in [9.17, 15) is 26.4 Å². The lowest BCUT2D eigenvalue weighted by Gasteiger charge is -2.23. The summed E-state index contributed by atoms with van der Waals surface area (Å²) in [5.41, 5.74) is 1.63. The van der Waals surface area contributed by atoms with Crippen molar-refractivity contribution in [1.82, 2.24) is 5.43 Å². The number of anilines is 1. The molecular weight excluding hydrogens is 487 g/mol. The van der Waals surface area contributed by atoms with Crippen LogP contribution in [0.4, 0.5) is 18.9 Å². The molecule has 0 atom stereocenters. The summed E-state index contributed by atoms with van der Waals surface area (Å²) in [6.45, 7) is 1.64. The minimum Gasteiger partial charge on any atom is -0.486 e. The molecule has 1 heterocycles. The standard InChI is InChI=1S/C20H19ClF3N3O5S/c1-12(13-3-6-17-18(9-13)32-8-7-31-17)25-26-19(28)11-27(33(2,29)30)14-4-5-16(21)15(10-14)20(22,23)24/h3-6,9-10H,7-8,11H2,1-2H3,(H,26,28). The van der Waals surface area contributed by atoms with Crippen LogP contribution in [-0.2, 0) is 21.0 Å². The van der Waals surface area contributed by atoms with E-state index in [-0.39, 0.29) is 5.69 Å². The maximum Gasteiger partial charge on any atom is 0.417 e. The Morgan fingerprint density at radius 3 is 2.45 bits per heavy atom. The zero-order valence-corrected chi connectivity index (χ0v) is 19.0. The fourth-order valence-electron chi connectivity index (χ4n) is 2.93. The first-order valence-electron chi connectivity index (χ1n) is 9.44. The van der Waals surface area contributed by atoms with Crippen LogP contribution < -0.4 is 19.2 Å². The number of hydrogen-bond donors (Lipinski definition) is 1. The van der Waals surface area contributed by atoms with Crippen molar-refractivity contribution < 1.29 is 35.9 Å². The lowest BCUT2D eigenvalue weighted by atomic mass is 10.1. The first-order chi connectivity index (χ1) is 15.4. The van der Waals surface area contributed by atoms with Crippen LogP contribution in [0, 0.1) is 0 Å². The molecule has 1 N–H and O–H groups in total. The molecule has 1 amide bonds. The Hall–Kier alpha value is -2.99. The van der Waals surface area contributed by atoms with Gasteiger partial charge in [-0.1, -0.05) is 11.6 Å². The summed E-state index contributed by atoms with van der Waals surface area (Å²) < 4.78 is 75.3. The number of halogens is 4. The topological polar surface area (TPSA) is 97.3 Å². The molecular formula is C20H19ClF3N3O5S. The van der Waals surface area contributed by atoms with Crippen LogP contribution in [0.3, 0.4) is 0 Å². The maximum absolute atomic E-state index is 13.2. The summed E-state index contributed by atoms with van der Waals surface area (Å²) in [6, 6.07) is 7.63. The van der Waals surface area contributed by atoms with Crippen LogP contribution in [0.15, 0.2) is 41.5 Å². The van der Waals surface area contributed by atoms with Gasteiger partial charge in [0, 0.05) is 5.56 Å². The largest absolute Gasteiger partial charge is 0.486 e. The molecule has 8 nitrogen and oxygen atoms in total. The van der Waals surface area contributed by atoms with Gasteiger partial charge >= 0.3 is 6.18 Å². The van der Waals surface area contributed by atoms with E-state index < -0.39 is 39.2 Å². The molecule has 0 saturated heterocycles. The number of nitrogens with one attached hydrogen (secondary N) is 1. The highest BCUT2D eigenvalue weighted by Crippen LogP contribution is 2.37. The van der Waals surface area contributed by atoms with Gasteiger partial charge in [0.2, 0.25) is 10.0 Å². The van der Waals surface area contributed by atoms with Crippen molar-refractivity contribution in [2.45, 2.75) is 13.1 Å². The van der Waals surface area contributed by atoms with Gasteiger partial charge in [-0.2, -0.15) is 18.3 Å². The Morgan fingerprint density at radius 1 is 1.15 bits per heavy atom. The highest BCUT2D eigenvalue weighted by Gasteiger charge is 2.34. The quantitative estimate of drug-likeness (QED) is 0.479. The Kier molecular flexibility index (Phi) is 7.08. The van der Waals surface area contributed by atoms with Crippen molar-refractivity contribution in [2.24, 2.45) is 5.10 Å². The van der Waals surface area contributed by atoms with Gasteiger partial charge in [0.1, 0.15) is 19.8 Å². The zero-order chi connectivity index (χ0) is 24.4. The third kappa shape index (κ3) is 6.08. The van der Waals surface area contributed by atoms with E-state index in [0.29, 0.717) is 46.4 Å². The Bertz CT molecular complexity index is 1200. The third-order valence-corrected chi connectivity index (χ3v) is 6.01. The number of alkyl halides is 3. The molecule has 2 aromatic rings. The number of carbonyl (C=O) groups excluding carboxylic acids is 1. The predicted octanol–water partition coefficient (Wildman–Crippen LogP) is 3.44. The van der Waals surface area contributed by atoms with Gasteiger partial charge in [-0.25, -0.2) is 13.8 Å². The number of benzene rings is 2. The van der Waals surface area contributed by atoms with Crippen LogP contribution in [0.1, 0.15) is 18.1 Å². The molecule has 13 heteroatoms. The van der Waals surface area contributed by atoms with Gasteiger partial charge in [-0.3, -0.25) is 9.10 Å². The molecule has 0 bridgehead atoms. The normalized spacial score (nSPS) is 14.1. The molecule has 2 aromatic carbocycles. The zero-order valence-electron chi connectivity index (χ0n) is 17.4. The van der Waals surface area contributed by atoms with E-state index in [1.54, 1.807) is 25.1 Å². The van der Waals surface area contributed by atoms with E-state index >= 15 is 0 Å². The molecule has 3 rings (SSSR count). The smallest absolute Gasteiger partial charge is 0.417 e. The van der Waals surface area contributed by atoms with Crippen molar-refractivity contribution in [1.29, 1.82) is 0 Å². The fourth-order valence-corrected chi connectivity index (χ4v) is 4.00. The van der Waals surface area contributed by atoms with Crippen LogP contribution in [0.2, 0.25) is 5.02 Å². The van der Waals surface area contributed by atoms with Gasteiger partial charge < -0.3 is 9.47 Å². The van der Waals surface area contributed by atoms with Gasteiger partial charge in [-0.05, 0) is 43.3 Å². The number of nitrogens with zero attached hydrogens (tertiary/aromatic N) is 2. The average Bonchev–Trinajstić information content (AvgIpc) is 2.74. The third-order valence-electron chi connectivity index (χ3n) is 4.54. The second kappa shape index (κ2) is 9.48. The predicted molar refractivity (Wildman–Crippen MR) is 116 cm³/mol. The number of carbonyl (C=O) groups is 1. The Labute approximate surface area is 193 Å². The number of ether oxygens (including phenoxy) is 2. The lowest BCUT2D eigenvalue weighted by molar-refractivity contribution is -0.137. The first kappa shape index (κ1) is 24.6. The summed E-state index contributed by atoms with van der Waals surface area (Å²) in [4.78, 5) is 12.4. The molecule has 0 radical (unpaired) electrons. The molecule has 1 aliphatic heterocycles. The number of amides is 1. The van der Waals surface area contributed by atoms with Crippen molar-refractivity contribution in [3.05, 3.63) is 52.5 Å². The molecule has 33 heavy (non-hydrogen) atoms. The highest BCUT2D eigenvalue weighted by atomic mass is 35.5. The number of fused-ring (bicyclic) bond motifs is 1. The monoisotopic (exact) mass is 505 g/mol. The first-order valence-corrected chi connectivity index (χ1v) is 11.7. The lowest BCUT2D eigenvalue weighted by Crippen LogP contribution is -2.39. The summed E-state index contributed by atoms with van der Waals surface area (Å²) in [6.07, 6.45) is -4.03. The Morgan fingerprint density at radius 2 is 1.82 bits per heavy atom. The molecule has 1 aliphatic rings. The number of hydrogen-bond acceptors (Lipinski definition) is 6.